The summed E-state index contributed by atoms with van der Waals surface area (Å²) >= 11 is 3.18. The maximum absolute atomic E-state index is 12.9. The van der Waals surface area contributed by atoms with Gasteiger partial charge in [0.05, 0.1) is 4.47 Å². The van der Waals surface area contributed by atoms with E-state index in [4.69, 9.17) is 5.73 Å². The van der Waals surface area contributed by atoms with Crippen LogP contribution in [0.1, 0.15) is 24.8 Å². The lowest BCUT2D eigenvalue weighted by molar-refractivity contribution is 0.603. The molecule has 1 nitrogen and oxygen atoms in total. The average Bonchev–Trinajstić information content (AvgIpc) is 2.87. The Morgan fingerprint density at radius 2 is 2.14 bits per heavy atom. The van der Waals surface area contributed by atoms with Gasteiger partial charge in [-0.05, 0) is 59.3 Å². The van der Waals surface area contributed by atoms with Gasteiger partial charge in [-0.25, -0.2) is 4.39 Å². The summed E-state index contributed by atoms with van der Waals surface area (Å²) in [6.45, 7) is 0. The van der Waals surface area contributed by atoms with Crippen molar-refractivity contribution >= 4 is 15.9 Å². The van der Waals surface area contributed by atoms with E-state index in [1.54, 1.807) is 0 Å². The number of halogens is 2. The van der Waals surface area contributed by atoms with Gasteiger partial charge in [-0.2, -0.15) is 0 Å². The minimum atomic E-state index is -0.206. The van der Waals surface area contributed by atoms with Crippen molar-refractivity contribution in [3.05, 3.63) is 34.1 Å². The lowest BCUT2D eigenvalue weighted by Gasteiger charge is -2.08. The van der Waals surface area contributed by atoms with Crippen LogP contribution in [0.2, 0.25) is 0 Å². The number of aryl methyl sites for hydroxylation is 1. The fourth-order valence-corrected chi connectivity index (χ4v) is 1.93. The van der Waals surface area contributed by atoms with Crippen molar-refractivity contribution in [2.24, 2.45) is 5.73 Å². The predicted octanol–water partition coefficient (Wildman–Crippen LogP) is 3.01. The first kappa shape index (κ1) is 10.1. The highest BCUT2D eigenvalue weighted by atomic mass is 79.9. The van der Waals surface area contributed by atoms with E-state index < -0.39 is 0 Å². The molecule has 0 aliphatic heterocycles. The van der Waals surface area contributed by atoms with E-state index in [1.807, 2.05) is 12.1 Å². The van der Waals surface area contributed by atoms with Crippen molar-refractivity contribution in [3.63, 3.8) is 0 Å². The Morgan fingerprint density at radius 3 is 2.71 bits per heavy atom. The van der Waals surface area contributed by atoms with Crippen LogP contribution in [0.15, 0.2) is 22.7 Å². The second-order valence-electron chi connectivity index (χ2n) is 4.11. The van der Waals surface area contributed by atoms with Crippen LogP contribution < -0.4 is 5.73 Å². The smallest absolute Gasteiger partial charge is 0.137 e. The fourth-order valence-electron chi connectivity index (χ4n) is 1.50. The summed E-state index contributed by atoms with van der Waals surface area (Å²) in [7, 11) is 0. The van der Waals surface area contributed by atoms with Crippen LogP contribution in [0.5, 0.6) is 0 Å². The molecule has 76 valence electrons. The molecule has 1 aromatic carbocycles. The summed E-state index contributed by atoms with van der Waals surface area (Å²) in [4.78, 5) is 0. The summed E-state index contributed by atoms with van der Waals surface area (Å²) in [5, 5.41) is 0. The Labute approximate surface area is 91.6 Å². The van der Waals surface area contributed by atoms with Gasteiger partial charge >= 0.3 is 0 Å². The van der Waals surface area contributed by atoms with E-state index in [1.165, 1.54) is 6.07 Å². The van der Waals surface area contributed by atoms with Crippen LogP contribution in [-0.2, 0) is 6.42 Å². The monoisotopic (exact) mass is 257 g/mol. The summed E-state index contributed by atoms with van der Waals surface area (Å²) in [5.41, 5.74) is 7.21. The number of benzene rings is 1. The number of rotatable bonds is 3. The van der Waals surface area contributed by atoms with E-state index in [0.29, 0.717) is 4.47 Å². The second kappa shape index (κ2) is 3.63. The molecule has 0 aromatic heterocycles. The van der Waals surface area contributed by atoms with Crippen LogP contribution in [0.3, 0.4) is 0 Å². The maximum Gasteiger partial charge on any atom is 0.137 e. The summed E-state index contributed by atoms with van der Waals surface area (Å²) in [6.07, 6.45) is 4.21. The number of nitrogens with two attached hydrogens (primary N) is 1. The Morgan fingerprint density at radius 1 is 1.43 bits per heavy atom. The zero-order chi connectivity index (χ0) is 10.2. The third-order valence-electron chi connectivity index (χ3n) is 2.79. The summed E-state index contributed by atoms with van der Waals surface area (Å²) in [6, 6.07) is 5.16. The maximum atomic E-state index is 12.9. The highest BCUT2D eigenvalue weighted by molar-refractivity contribution is 9.10. The van der Waals surface area contributed by atoms with Gasteiger partial charge in [0.15, 0.2) is 0 Å². The lowest BCUT2D eigenvalue weighted by Crippen LogP contribution is -2.22. The van der Waals surface area contributed by atoms with Crippen LogP contribution in [0.25, 0.3) is 0 Å². The molecule has 0 heterocycles. The first-order chi connectivity index (χ1) is 6.59. The van der Waals surface area contributed by atoms with Gasteiger partial charge in [0.25, 0.3) is 0 Å². The molecule has 0 saturated heterocycles. The molecule has 1 aliphatic carbocycles. The minimum Gasteiger partial charge on any atom is -0.325 e. The van der Waals surface area contributed by atoms with Gasteiger partial charge in [0, 0.05) is 5.54 Å². The van der Waals surface area contributed by atoms with Crippen molar-refractivity contribution in [2.75, 3.05) is 0 Å². The van der Waals surface area contributed by atoms with Gasteiger partial charge in [-0.15, -0.1) is 0 Å². The SMILES string of the molecule is NC1(CCc2ccc(F)c(Br)c2)CC1. The van der Waals surface area contributed by atoms with Crippen molar-refractivity contribution in [1.29, 1.82) is 0 Å². The van der Waals surface area contributed by atoms with Crippen molar-refractivity contribution < 1.29 is 4.39 Å². The molecule has 1 saturated carbocycles. The predicted molar refractivity (Wildman–Crippen MR) is 58.6 cm³/mol. The van der Waals surface area contributed by atoms with Gasteiger partial charge in [-0.1, -0.05) is 6.07 Å². The summed E-state index contributed by atoms with van der Waals surface area (Å²) in [5.74, 6) is -0.206. The molecule has 1 fully saturated rings. The molecular formula is C11H13BrFN. The molecule has 1 aliphatic rings. The zero-order valence-corrected chi connectivity index (χ0v) is 9.48. The third kappa shape index (κ3) is 2.34. The molecule has 14 heavy (non-hydrogen) atoms. The van der Waals surface area contributed by atoms with Gasteiger partial charge in [0.1, 0.15) is 5.82 Å². The normalized spacial score (nSPS) is 18.2. The topological polar surface area (TPSA) is 26.0 Å². The average molecular weight is 258 g/mol. The molecule has 0 amide bonds. The van der Waals surface area contributed by atoms with E-state index >= 15 is 0 Å². The molecule has 2 rings (SSSR count). The quantitative estimate of drug-likeness (QED) is 0.886. The Kier molecular flexibility index (Phi) is 2.62. The molecule has 1 aromatic rings. The van der Waals surface area contributed by atoms with Crippen molar-refractivity contribution in [1.82, 2.24) is 0 Å². The van der Waals surface area contributed by atoms with Crippen molar-refractivity contribution in [2.45, 2.75) is 31.2 Å². The first-order valence-corrected chi connectivity index (χ1v) is 5.61. The molecular weight excluding hydrogens is 245 g/mol. The van der Waals surface area contributed by atoms with E-state index in [9.17, 15) is 4.39 Å². The molecule has 0 bridgehead atoms. The van der Waals surface area contributed by atoms with Crippen LogP contribution in [0.4, 0.5) is 4.39 Å². The second-order valence-corrected chi connectivity index (χ2v) is 4.97. The lowest BCUT2D eigenvalue weighted by atomic mass is 10.0. The molecule has 2 N–H and O–H groups in total. The van der Waals surface area contributed by atoms with Gasteiger partial charge in [-0.3, -0.25) is 0 Å². The van der Waals surface area contributed by atoms with Crippen LogP contribution in [-0.4, -0.2) is 5.54 Å². The molecule has 0 unspecified atom stereocenters. The zero-order valence-electron chi connectivity index (χ0n) is 7.89. The Hall–Kier alpha value is -0.410. The van der Waals surface area contributed by atoms with E-state index in [-0.39, 0.29) is 11.4 Å². The first-order valence-electron chi connectivity index (χ1n) is 4.82. The highest BCUT2D eigenvalue weighted by Crippen LogP contribution is 2.36. The van der Waals surface area contributed by atoms with Crippen LogP contribution >= 0.6 is 15.9 Å². The summed E-state index contributed by atoms with van der Waals surface area (Å²) < 4.78 is 13.5. The minimum absolute atomic E-state index is 0.0842. The fraction of sp³-hybridized carbons (Fsp3) is 0.455. The molecule has 0 atom stereocenters. The van der Waals surface area contributed by atoms with Crippen molar-refractivity contribution in [3.8, 4) is 0 Å². The van der Waals surface area contributed by atoms with Gasteiger partial charge in [0.2, 0.25) is 0 Å². The third-order valence-corrected chi connectivity index (χ3v) is 3.40. The van der Waals surface area contributed by atoms with E-state index in [2.05, 4.69) is 15.9 Å². The van der Waals surface area contributed by atoms with E-state index in [0.717, 1.165) is 31.2 Å². The molecule has 0 radical (unpaired) electrons. The number of hydrogen-bond acceptors (Lipinski definition) is 1. The molecule has 0 spiro atoms. The Bertz CT molecular complexity index is 347. The van der Waals surface area contributed by atoms with Gasteiger partial charge < -0.3 is 5.73 Å². The highest BCUT2D eigenvalue weighted by Gasteiger charge is 2.37. The Balaban J connectivity index is 1.99. The van der Waals surface area contributed by atoms with Crippen LogP contribution in [0, 0.1) is 5.82 Å². The number of hydrogen-bond donors (Lipinski definition) is 1. The molecule has 3 heteroatoms. The largest absolute Gasteiger partial charge is 0.325 e. The standard InChI is InChI=1S/C11H13BrFN/c12-9-7-8(1-2-10(9)13)3-4-11(14)5-6-11/h1-2,7H,3-6,14H2.